The Kier molecular flexibility index (Phi) is 5.43. The topological polar surface area (TPSA) is 86.9 Å². The molecule has 26 heavy (non-hydrogen) atoms. The Morgan fingerprint density at radius 3 is 2.58 bits per heavy atom. The summed E-state index contributed by atoms with van der Waals surface area (Å²) in [4.78, 5) is 24.4. The molecule has 0 aliphatic heterocycles. The van der Waals surface area contributed by atoms with Gasteiger partial charge in [-0.1, -0.05) is 12.1 Å². The number of benzene rings is 2. The highest BCUT2D eigenvalue weighted by atomic mass is 79.9. The van der Waals surface area contributed by atoms with Crippen molar-refractivity contribution in [3.05, 3.63) is 70.6 Å². The molecule has 3 aromatic rings. The molecular weight excluding hydrogens is 403 g/mol. The number of amides is 2. The molecule has 0 fully saturated rings. The van der Waals surface area contributed by atoms with Crippen molar-refractivity contribution < 1.29 is 14.0 Å². The number of hydrogen-bond donors (Lipinski definition) is 3. The van der Waals surface area contributed by atoms with Gasteiger partial charge in [-0.2, -0.15) is 5.10 Å². The van der Waals surface area contributed by atoms with Crippen molar-refractivity contribution in [2.45, 2.75) is 0 Å². The standard InChI is InChI=1S/C18H14BrFN4O2/c19-14-3-1-2-4-15(14)23-16(25)10-21-18(26)13-9-22-24-17(13)11-5-7-12(20)8-6-11/h1-9H,10H2,(H,21,26)(H,22,24)(H,23,25). The molecule has 0 unspecified atom stereocenters. The minimum absolute atomic E-state index is 0.200. The van der Waals surface area contributed by atoms with E-state index in [4.69, 9.17) is 0 Å². The first kappa shape index (κ1) is 17.8. The number of rotatable bonds is 5. The Morgan fingerprint density at radius 2 is 1.85 bits per heavy atom. The number of aromatic nitrogens is 2. The fourth-order valence-electron chi connectivity index (χ4n) is 2.31. The zero-order valence-electron chi connectivity index (χ0n) is 13.4. The highest BCUT2D eigenvalue weighted by Crippen LogP contribution is 2.22. The quantitative estimate of drug-likeness (QED) is 0.595. The van der Waals surface area contributed by atoms with Gasteiger partial charge in [0.25, 0.3) is 5.91 Å². The fraction of sp³-hybridized carbons (Fsp3) is 0.0556. The summed E-state index contributed by atoms with van der Waals surface area (Å²) >= 11 is 3.34. The minimum Gasteiger partial charge on any atom is -0.343 e. The van der Waals surface area contributed by atoms with Crippen LogP contribution in [0.25, 0.3) is 11.3 Å². The van der Waals surface area contributed by atoms with Gasteiger partial charge < -0.3 is 10.6 Å². The van der Waals surface area contributed by atoms with Gasteiger partial charge >= 0.3 is 0 Å². The predicted molar refractivity (Wildman–Crippen MR) is 99.1 cm³/mol. The third kappa shape index (κ3) is 4.15. The number of nitrogens with one attached hydrogen (secondary N) is 3. The molecule has 3 rings (SSSR count). The molecule has 0 saturated carbocycles. The zero-order valence-corrected chi connectivity index (χ0v) is 15.0. The number of anilines is 1. The van der Waals surface area contributed by atoms with Crippen molar-refractivity contribution in [2.75, 3.05) is 11.9 Å². The molecule has 1 heterocycles. The minimum atomic E-state index is -0.458. The maximum absolute atomic E-state index is 13.1. The van der Waals surface area contributed by atoms with E-state index < -0.39 is 5.91 Å². The van der Waals surface area contributed by atoms with Gasteiger partial charge in [0.05, 0.1) is 29.7 Å². The third-order valence-corrected chi connectivity index (χ3v) is 4.27. The number of hydrogen-bond acceptors (Lipinski definition) is 3. The van der Waals surface area contributed by atoms with Crippen molar-refractivity contribution in [3.8, 4) is 11.3 Å². The van der Waals surface area contributed by atoms with Crippen molar-refractivity contribution in [1.29, 1.82) is 0 Å². The van der Waals surface area contributed by atoms with Crippen LogP contribution in [0.2, 0.25) is 0 Å². The summed E-state index contributed by atoms with van der Waals surface area (Å²) in [5, 5.41) is 11.8. The molecule has 0 spiro atoms. The molecule has 2 aromatic carbocycles. The van der Waals surface area contributed by atoms with Crippen molar-refractivity contribution in [1.82, 2.24) is 15.5 Å². The second-order valence-corrected chi connectivity index (χ2v) is 6.23. The highest BCUT2D eigenvalue weighted by Gasteiger charge is 2.16. The van der Waals surface area contributed by atoms with Crippen LogP contribution in [-0.2, 0) is 4.79 Å². The third-order valence-electron chi connectivity index (χ3n) is 3.57. The van der Waals surface area contributed by atoms with E-state index in [2.05, 4.69) is 36.8 Å². The molecule has 8 heteroatoms. The van der Waals surface area contributed by atoms with E-state index in [1.165, 1.54) is 18.3 Å². The summed E-state index contributed by atoms with van der Waals surface area (Å²) in [7, 11) is 0. The summed E-state index contributed by atoms with van der Waals surface area (Å²) in [5.41, 5.74) is 1.95. The Morgan fingerprint density at radius 1 is 1.12 bits per heavy atom. The van der Waals surface area contributed by atoms with Crippen LogP contribution in [0.5, 0.6) is 0 Å². The number of para-hydroxylation sites is 1. The molecule has 3 N–H and O–H groups in total. The largest absolute Gasteiger partial charge is 0.343 e. The second-order valence-electron chi connectivity index (χ2n) is 5.38. The lowest BCUT2D eigenvalue weighted by Crippen LogP contribution is -2.33. The fourth-order valence-corrected chi connectivity index (χ4v) is 2.69. The number of H-pyrrole nitrogens is 1. The van der Waals surface area contributed by atoms with Gasteiger partial charge in [0.1, 0.15) is 5.82 Å². The van der Waals surface area contributed by atoms with Gasteiger partial charge in [0, 0.05) is 10.0 Å². The SMILES string of the molecule is O=C(CNC(=O)c1cn[nH]c1-c1ccc(F)cc1)Nc1ccccc1Br. The number of halogens is 2. The molecule has 0 saturated heterocycles. The molecule has 0 bridgehead atoms. The molecular formula is C18H14BrFN4O2. The van der Waals surface area contributed by atoms with Crippen molar-refractivity contribution >= 4 is 33.4 Å². The van der Waals surface area contributed by atoms with E-state index in [0.29, 0.717) is 16.9 Å². The Labute approximate surface area is 156 Å². The lowest BCUT2D eigenvalue weighted by atomic mass is 10.1. The number of aromatic amines is 1. The predicted octanol–water partition coefficient (Wildman–Crippen LogP) is 3.35. The van der Waals surface area contributed by atoms with Gasteiger partial charge in [-0.3, -0.25) is 14.7 Å². The first-order valence-corrected chi connectivity index (χ1v) is 8.46. The molecule has 0 atom stereocenters. The van der Waals surface area contributed by atoms with E-state index >= 15 is 0 Å². The van der Waals surface area contributed by atoms with Crippen LogP contribution in [-0.4, -0.2) is 28.6 Å². The van der Waals surface area contributed by atoms with E-state index in [0.717, 1.165) is 4.47 Å². The van der Waals surface area contributed by atoms with Crippen LogP contribution in [0.15, 0.2) is 59.2 Å². The number of carbonyl (C=O) groups is 2. The van der Waals surface area contributed by atoms with Gasteiger partial charge in [0.15, 0.2) is 0 Å². The van der Waals surface area contributed by atoms with Crippen LogP contribution >= 0.6 is 15.9 Å². The summed E-state index contributed by atoms with van der Waals surface area (Å²) in [6, 6.07) is 12.8. The van der Waals surface area contributed by atoms with Gasteiger partial charge in [-0.15, -0.1) is 0 Å². The molecule has 2 amide bonds. The molecule has 0 radical (unpaired) electrons. The van der Waals surface area contributed by atoms with Crippen molar-refractivity contribution in [3.63, 3.8) is 0 Å². The molecule has 6 nitrogen and oxygen atoms in total. The van der Waals surface area contributed by atoms with Crippen LogP contribution in [0.1, 0.15) is 10.4 Å². The van der Waals surface area contributed by atoms with Crippen LogP contribution in [0, 0.1) is 5.82 Å². The number of carbonyl (C=O) groups excluding carboxylic acids is 2. The van der Waals surface area contributed by atoms with Crippen LogP contribution < -0.4 is 10.6 Å². The average molecular weight is 417 g/mol. The van der Waals surface area contributed by atoms with Gasteiger partial charge in [-0.05, 0) is 52.3 Å². The summed E-state index contributed by atoms with van der Waals surface area (Å²) < 4.78 is 13.8. The molecule has 0 aliphatic carbocycles. The first-order chi connectivity index (χ1) is 12.5. The lowest BCUT2D eigenvalue weighted by Gasteiger charge is -2.08. The summed E-state index contributed by atoms with van der Waals surface area (Å²) in [6.07, 6.45) is 1.36. The Bertz CT molecular complexity index is 940. The Hall–Kier alpha value is -3.00. The maximum Gasteiger partial charge on any atom is 0.255 e. The van der Waals surface area contributed by atoms with Crippen molar-refractivity contribution in [2.24, 2.45) is 0 Å². The molecule has 132 valence electrons. The lowest BCUT2D eigenvalue weighted by molar-refractivity contribution is -0.115. The van der Waals surface area contributed by atoms with E-state index in [1.54, 1.807) is 30.3 Å². The highest BCUT2D eigenvalue weighted by molar-refractivity contribution is 9.10. The van der Waals surface area contributed by atoms with Gasteiger partial charge in [0.2, 0.25) is 5.91 Å². The average Bonchev–Trinajstić information content (AvgIpc) is 3.12. The van der Waals surface area contributed by atoms with Crippen LogP contribution in [0.4, 0.5) is 10.1 Å². The zero-order chi connectivity index (χ0) is 18.5. The van der Waals surface area contributed by atoms with Crippen LogP contribution in [0.3, 0.4) is 0 Å². The molecule has 1 aromatic heterocycles. The van der Waals surface area contributed by atoms with E-state index in [9.17, 15) is 14.0 Å². The Balaban J connectivity index is 1.64. The van der Waals surface area contributed by atoms with E-state index in [-0.39, 0.29) is 23.8 Å². The van der Waals surface area contributed by atoms with Gasteiger partial charge in [-0.25, -0.2) is 4.39 Å². The summed E-state index contributed by atoms with van der Waals surface area (Å²) in [5.74, 6) is -1.19. The summed E-state index contributed by atoms with van der Waals surface area (Å²) in [6.45, 7) is -0.200. The number of nitrogens with zero attached hydrogens (tertiary/aromatic N) is 1. The van der Waals surface area contributed by atoms with E-state index in [1.807, 2.05) is 6.07 Å². The maximum atomic E-state index is 13.1. The second kappa shape index (κ2) is 7.92. The normalized spacial score (nSPS) is 10.4. The smallest absolute Gasteiger partial charge is 0.255 e. The first-order valence-electron chi connectivity index (χ1n) is 7.66. The monoisotopic (exact) mass is 416 g/mol. The molecule has 0 aliphatic rings.